The summed E-state index contributed by atoms with van der Waals surface area (Å²) in [5.74, 6) is 1.56. The molecule has 0 radical (unpaired) electrons. The Morgan fingerprint density at radius 1 is 1.21 bits per heavy atom. The number of ether oxygens (including phenoxy) is 1. The Bertz CT molecular complexity index is 578. The van der Waals surface area contributed by atoms with E-state index in [1.807, 2.05) is 6.92 Å². The van der Waals surface area contributed by atoms with Crippen molar-refractivity contribution in [3.05, 3.63) is 17.1 Å². The fraction of sp³-hybridized carbons (Fsp3) is 0.706. The zero-order chi connectivity index (χ0) is 16.8. The Hall–Kier alpha value is -1.73. The minimum Gasteiger partial charge on any atom is -0.374 e. The van der Waals surface area contributed by atoms with E-state index in [0.29, 0.717) is 19.0 Å². The van der Waals surface area contributed by atoms with Gasteiger partial charge in [-0.1, -0.05) is 0 Å². The fourth-order valence-electron chi connectivity index (χ4n) is 3.22. The van der Waals surface area contributed by atoms with Crippen LogP contribution < -0.4 is 16.0 Å². The zero-order valence-electron chi connectivity index (χ0n) is 14.4. The molecule has 1 fully saturated rings. The number of carbonyl (C=O) groups excluding carboxylic acids is 1. The molecule has 3 heterocycles. The van der Waals surface area contributed by atoms with Gasteiger partial charge in [0, 0.05) is 31.7 Å². The molecule has 3 rings (SSSR count). The van der Waals surface area contributed by atoms with Crippen LogP contribution in [0.25, 0.3) is 0 Å². The van der Waals surface area contributed by atoms with E-state index in [2.05, 4.69) is 25.9 Å². The standard InChI is InChI=1S/C17H27N5O2/c1-2-24-11-15-20-13-7-10-18-9-6-12(13)16(22-15)21-14-5-3-4-8-19-17(14)23/h14,18H,2-11H2,1H3,(H,19,23)(H,20,21,22). The second-order valence-electron chi connectivity index (χ2n) is 6.28. The van der Waals surface area contributed by atoms with Gasteiger partial charge >= 0.3 is 0 Å². The normalized spacial score (nSPS) is 21.4. The maximum atomic E-state index is 12.3. The summed E-state index contributed by atoms with van der Waals surface area (Å²) in [4.78, 5) is 21.6. The molecule has 24 heavy (non-hydrogen) atoms. The van der Waals surface area contributed by atoms with E-state index in [1.165, 1.54) is 0 Å². The number of anilines is 1. The van der Waals surface area contributed by atoms with Crippen LogP contribution in [-0.4, -0.2) is 48.2 Å². The number of nitrogens with one attached hydrogen (secondary N) is 3. The van der Waals surface area contributed by atoms with E-state index in [4.69, 9.17) is 4.74 Å². The van der Waals surface area contributed by atoms with E-state index < -0.39 is 0 Å². The third-order valence-corrected chi connectivity index (χ3v) is 4.51. The van der Waals surface area contributed by atoms with Gasteiger partial charge in [0.1, 0.15) is 18.5 Å². The highest BCUT2D eigenvalue weighted by Crippen LogP contribution is 2.22. The molecule has 0 spiro atoms. The molecule has 7 heteroatoms. The maximum absolute atomic E-state index is 12.3. The average Bonchev–Trinajstić information content (AvgIpc) is 2.94. The lowest BCUT2D eigenvalue weighted by atomic mass is 10.1. The monoisotopic (exact) mass is 333 g/mol. The predicted octanol–water partition coefficient (Wildman–Crippen LogP) is 0.782. The molecule has 1 saturated heterocycles. The van der Waals surface area contributed by atoms with Crippen LogP contribution in [0.1, 0.15) is 43.3 Å². The summed E-state index contributed by atoms with van der Waals surface area (Å²) in [7, 11) is 0. The molecule has 132 valence electrons. The quantitative estimate of drug-likeness (QED) is 0.738. The average molecular weight is 333 g/mol. The van der Waals surface area contributed by atoms with Crippen LogP contribution in [0.2, 0.25) is 0 Å². The number of amides is 1. The van der Waals surface area contributed by atoms with Crippen molar-refractivity contribution in [3.8, 4) is 0 Å². The molecule has 3 N–H and O–H groups in total. The first-order chi connectivity index (χ1) is 11.8. The van der Waals surface area contributed by atoms with Crippen molar-refractivity contribution < 1.29 is 9.53 Å². The lowest BCUT2D eigenvalue weighted by Gasteiger charge is -2.20. The Labute approximate surface area is 143 Å². The van der Waals surface area contributed by atoms with Crippen molar-refractivity contribution in [1.82, 2.24) is 20.6 Å². The van der Waals surface area contributed by atoms with Gasteiger partial charge in [-0.05, 0) is 39.2 Å². The van der Waals surface area contributed by atoms with Crippen LogP contribution in [0.3, 0.4) is 0 Å². The van der Waals surface area contributed by atoms with Crippen molar-refractivity contribution in [3.63, 3.8) is 0 Å². The molecular weight excluding hydrogens is 306 g/mol. The van der Waals surface area contributed by atoms with Gasteiger partial charge in [0.25, 0.3) is 0 Å². The summed E-state index contributed by atoms with van der Waals surface area (Å²) in [6, 6.07) is -0.220. The SMILES string of the molecule is CCOCc1nc2c(c(NC3CCCCNC3=O)n1)CCNCC2. The minimum absolute atomic E-state index is 0.0676. The minimum atomic E-state index is -0.220. The first-order valence-electron chi connectivity index (χ1n) is 8.99. The molecule has 0 bridgehead atoms. The van der Waals surface area contributed by atoms with Gasteiger partial charge in [0.05, 0.1) is 5.69 Å². The molecule has 1 atom stereocenters. The second kappa shape index (κ2) is 8.39. The molecule has 0 aromatic carbocycles. The molecule has 1 amide bonds. The highest BCUT2D eigenvalue weighted by atomic mass is 16.5. The van der Waals surface area contributed by atoms with E-state index in [1.54, 1.807) is 0 Å². The van der Waals surface area contributed by atoms with Gasteiger partial charge in [0.2, 0.25) is 5.91 Å². The number of rotatable bonds is 5. The summed E-state index contributed by atoms with van der Waals surface area (Å²) in [6.45, 7) is 5.59. The van der Waals surface area contributed by atoms with Gasteiger partial charge in [-0.25, -0.2) is 9.97 Å². The van der Waals surface area contributed by atoms with Crippen molar-refractivity contribution >= 4 is 11.7 Å². The number of aromatic nitrogens is 2. The largest absolute Gasteiger partial charge is 0.374 e. The van der Waals surface area contributed by atoms with E-state index in [9.17, 15) is 4.79 Å². The van der Waals surface area contributed by atoms with Crippen molar-refractivity contribution in [2.75, 3.05) is 31.6 Å². The number of carbonyl (C=O) groups is 1. The topological polar surface area (TPSA) is 88.2 Å². The number of nitrogens with zero attached hydrogens (tertiary/aromatic N) is 2. The maximum Gasteiger partial charge on any atom is 0.242 e. The van der Waals surface area contributed by atoms with Crippen LogP contribution in [0.5, 0.6) is 0 Å². The Balaban J connectivity index is 1.87. The Morgan fingerprint density at radius 2 is 2.08 bits per heavy atom. The van der Waals surface area contributed by atoms with E-state index in [0.717, 1.165) is 68.8 Å². The third-order valence-electron chi connectivity index (χ3n) is 4.51. The molecule has 0 saturated carbocycles. The number of hydrogen-bond donors (Lipinski definition) is 3. The second-order valence-corrected chi connectivity index (χ2v) is 6.28. The molecular formula is C17H27N5O2. The molecule has 2 aliphatic heterocycles. The summed E-state index contributed by atoms with van der Waals surface area (Å²) in [6.07, 6.45) is 4.66. The first kappa shape index (κ1) is 17.1. The fourth-order valence-corrected chi connectivity index (χ4v) is 3.22. The van der Waals surface area contributed by atoms with E-state index >= 15 is 0 Å². The van der Waals surface area contributed by atoms with Crippen LogP contribution in [0, 0.1) is 0 Å². The van der Waals surface area contributed by atoms with Gasteiger partial charge < -0.3 is 20.7 Å². The molecule has 7 nitrogen and oxygen atoms in total. The summed E-state index contributed by atoms with van der Waals surface area (Å²) in [5.41, 5.74) is 2.21. The lowest BCUT2D eigenvalue weighted by Crippen LogP contribution is -2.38. The summed E-state index contributed by atoms with van der Waals surface area (Å²) in [5, 5.41) is 9.77. The van der Waals surface area contributed by atoms with Crippen LogP contribution in [-0.2, 0) is 29.0 Å². The van der Waals surface area contributed by atoms with Crippen molar-refractivity contribution in [2.45, 2.75) is 51.7 Å². The van der Waals surface area contributed by atoms with Gasteiger partial charge in [-0.3, -0.25) is 4.79 Å². The highest BCUT2D eigenvalue weighted by Gasteiger charge is 2.24. The number of hydrogen-bond acceptors (Lipinski definition) is 6. The molecule has 2 aliphatic rings. The molecule has 1 unspecified atom stereocenters. The van der Waals surface area contributed by atoms with Gasteiger partial charge in [0.15, 0.2) is 5.82 Å². The van der Waals surface area contributed by atoms with Gasteiger partial charge in [-0.15, -0.1) is 0 Å². The molecule has 1 aromatic rings. The number of fused-ring (bicyclic) bond motifs is 1. The summed E-state index contributed by atoms with van der Waals surface area (Å²) < 4.78 is 5.48. The van der Waals surface area contributed by atoms with E-state index in [-0.39, 0.29) is 11.9 Å². The van der Waals surface area contributed by atoms with Crippen molar-refractivity contribution in [2.24, 2.45) is 0 Å². The third kappa shape index (κ3) is 4.21. The Morgan fingerprint density at radius 3 is 2.96 bits per heavy atom. The van der Waals surface area contributed by atoms with Crippen LogP contribution >= 0.6 is 0 Å². The molecule has 0 aliphatic carbocycles. The smallest absolute Gasteiger partial charge is 0.242 e. The van der Waals surface area contributed by atoms with Crippen LogP contribution in [0.15, 0.2) is 0 Å². The first-order valence-corrected chi connectivity index (χ1v) is 8.99. The van der Waals surface area contributed by atoms with Gasteiger partial charge in [-0.2, -0.15) is 0 Å². The van der Waals surface area contributed by atoms with Crippen molar-refractivity contribution in [1.29, 1.82) is 0 Å². The Kier molecular flexibility index (Phi) is 5.98. The molecule has 1 aromatic heterocycles. The zero-order valence-corrected chi connectivity index (χ0v) is 14.4. The van der Waals surface area contributed by atoms with Crippen LogP contribution in [0.4, 0.5) is 5.82 Å². The summed E-state index contributed by atoms with van der Waals surface area (Å²) >= 11 is 0. The lowest BCUT2D eigenvalue weighted by molar-refractivity contribution is -0.121. The highest BCUT2D eigenvalue weighted by molar-refractivity contribution is 5.84. The predicted molar refractivity (Wildman–Crippen MR) is 91.9 cm³/mol.